The molecule has 0 bridgehead atoms. The van der Waals surface area contributed by atoms with Crippen molar-refractivity contribution >= 4 is 53.1 Å². The second kappa shape index (κ2) is 13.8. The van der Waals surface area contributed by atoms with Gasteiger partial charge in [0.2, 0.25) is 0 Å². The van der Waals surface area contributed by atoms with Gasteiger partial charge in [0.25, 0.3) is 0 Å². The fourth-order valence-corrected chi connectivity index (χ4v) is 9.37. The third-order valence-corrected chi connectivity index (χ3v) is 12.2. The van der Waals surface area contributed by atoms with Crippen LogP contribution in [0.5, 0.6) is 0 Å². The van der Waals surface area contributed by atoms with Gasteiger partial charge in [0.15, 0.2) is 17.5 Å². The highest BCUT2D eigenvalue weighted by atomic mass is 32.1. The molecule has 0 amide bonds. The zero-order valence-electron chi connectivity index (χ0n) is 30.8. The average Bonchev–Trinajstić information content (AvgIpc) is 3.68. The predicted octanol–water partition coefficient (Wildman–Crippen LogP) is 14.5. The first kappa shape index (κ1) is 33.1. The summed E-state index contributed by atoms with van der Waals surface area (Å²) in [6.45, 7) is 0. The number of aromatic nitrogens is 3. The summed E-state index contributed by atoms with van der Waals surface area (Å²) in [7, 11) is 0. The van der Waals surface area contributed by atoms with Crippen molar-refractivity contribution in [2.45, 2.75) is 0 Å². The Kier molecular flexibility index (Phi) is 8.01. The Morgan fingerprint density at radius 3 is 1.63 bits per heavy atom. The molecule has 0 aliphatic heterocycles. The standard InChI is InChI=1S/C53H33N3S/c1-3-13-34(14-4-1)35-25-27-36(28-26-35)40-30-29-39-18-11-22-45(47(39)33-40)51-54-52(46-23-12-21-44-43-20-9-10-24-48(43)57-50(44)46)56-53(55-51)49-41-19-8-7-17-38(41)31-32-42(49)37-15-5-2-6-16-37/h1-33H. The average molecular weight is 744 g/mol. The summed E-state index contributed by atoms with van der Waals surface area (Å²) in [5.74, 6) is 1.94. The van der Waals surface area contributed by atoms with Gasteiger partial charge in [0.1, 0.15) is 0 Å². The maximum Gasteiger partial charge on any atom is 0.165 e. The van der Waals surface area contributed by atoms with E-state index >= 15 is 0 Å². The van der Waals surface area contributed by atoms with Crippen molar-refractivity contribution in [3.63, 3.8) is 0 Å². The smallest absolute Gasteiger partial charge is 0.165 e. The molecule has 4 heteroatoms. The van der Waals surface area contributed by atoms with Gasteiger partial charge in [-0.1, -0.05) is 182 Å². The van der Waals surface area contributed by atoms with E-state index < -0.39 is 0 Å². The van der Waals surface area contributed by atoms with Crippen LogP contribution in [0, 0.1) is 0 Å². The molecule has 0 N–H and O–H groups in total. The van der Waals surface area contributed by atoms with E-state index in [1.54, 1.807) is 11.3 Å². The maximum absolute atomic E-state index is 5.44. The summed E-state index contributed by atoms with van der Waals surface area (Å²) in [5.41, 5.74) is 9.85. The van der Waals surface area contributed by atoms with E-state index in [-0.39, 0.29) is 0 Å². The summed E-state index contributed by atoms with van der Waals surface area (Å²) in [6.07, 6.45) is 0. The predicted molar refractivity (Wildman–Crippen MR) is 240 cm³/mol. The first-order valence-electron chi connectivity index (χ1n) is 19.2. The zero-order valence-corrected chi connectivity index (χ0v) is 31.6. The fraction of sp³-hybridized carbons (Fsp3) is 0. The van der Waals surface area contributed by atoms with Crippen LogP contribution in [0.1, 0.15) is 0 Å². The molecule has 2 aromatic heterocycles. The first-order valence-corrected chi connectivity index (χ1v) is 20.0. The molecule has 9 aromatic carbocycles. The van der Waals surface area contributed by atoms with Crippen molar-refractivity contribution < 1.29 is 0 Å². The van der Waals surface area contributed by atoms with Gasteiger partial charge in [0.05, 0.1) is 0 Å². The molecule has 0 fully saturated rings. The second-order valence-electron chi connectivity index (χ2n) is 14.3. The highest BCUT2D eigenvalue weighted by Crippen LogP contribution is 2.42. The largest absolute Gasteiger partial charge is 0.208 e. The van der Waals surface area contributed by atoms with Crippen LogP contribution in [0.2, 0.25) is 0 Å². The molecule has 0 saturated heterocycles. The van der Waals surface area contributed by atoms with Crippen LogP contribution in [-0.2, 0) is 0 Å². The lowest BCUT2D eigenvalue weighted by atomic mass is 9.93. The van der Waals surface area contributed by atoms with Gasteiger partial charge in [-0.2, -0.15) is 0 Å². The van der Waals surface area contributed by atoms with Gasteiger partial charge in [-0.25, -0.2) is 15.0 Å². The van der Waals surface area contributed by atoms with Crippen molar-refractivity contribution in [3.05, 3.63) is 200 Å². The van der Waals surface area contributed by atoms with Crippen LogP contribution < -0.4 is 0 Å². The minimum atomic E-state index is 0.641. The van der Waals surface area contributed by atoms with Gasteiger partial charge in [0, 0.05) is 36.9 Å². The Hall–Kier alpha value is -7.27. The molecule has 3 nitrogen and oxygen atoms in total. The molecule has 0 radical (unpaired) electrons. The van der Waals surface area contributed by atoms with Gasteiger partial charge < -0.3 is 0 Å². The molecular formula is C53H33N3S. The minimum absolute atomic E-state index is 0.641. The molecule has 11 rings (SSSR count). The van der Waals surface area contributed by atoms with Crippen molar-refractivity contribution in [1.29, 1.82) is 0 Å². The van der Waals surface area contributed by atoms with Crippen molar-refractivity contribution in [1.82, 2.24) is 15.0 Å². The van der Waals surface area contributed by atoms with E-state index in [2.05, 4.69) is 200 Å². The van der Waals surface area contributed by atoms with Crippen LogP contribution in [0.3, 0.4) is 0 Å². The molecule has 2 heterocycles. The molecule has 0 unspecified atom stereocenters. The lowest BCUT2D eigenvalue weighted by Crippen LogP contribution is -2.02. The van der Waals surface area contributed by atoms with Gasteiger partial charge in [-0.15, -0.1) is 11.3 Å². The Balaban J connectivity index is 1.16. The molecule has 266 valence electrons. The third-order valence-electron chi connectivity index (χ3n) is 11.0. The molecule has 0 aliphatic carbocycles. The Morgan fingerprint density at radius 2 is 0.825 bits per heavy atom. The van der Waals surface area contributed by atoms with Crippen LogP contribution in [-0.4, -0.2) is 15.0 Å². The van der Waals surface area contributed by atoms with Gasteiger partial charge in [-0.05, 0) is 73.1 Å². The van der Waals surface area contributed by atoms with Crippen molar-refractivity contribution in [2.24, 2.45) is 0 Å². The lowest BCUT2D eigenvalue weighted by Gasteiger charge is -2.16. The third kappa shape index (κ3) is 5.86. The highest BCUT2D eigenvalue weighted by molar-refractivity contribution is 7.26. The number of hydrogen-bond acceptors (Lipinski definition) is 4. The minimum Gasteiger partial charge on any atom is -0.208 e. The van der Waals surface area contributed by atoms with Gasteiger partial charge in [-0.3, -0.25) is 0 Å². The van der Waals surface area contributed by atoms with Gasteiger partial charge >= 0.3 is 0 Å². The number of fused-ring (bicyclic) bond motifs is 5. The normalized spacial score (nSPS) is 11.5. The van der Waals surface area contributed by atoms with Crippen LogP contribution in [0.15, 0.2) is 200 Å². The Morgan fingerprint density at radius 1 is 0.298 bits per heavy atom. The second-order valence-corrected chi connectivity index (χ2v) is 15.4. The molecule has 11 aromatic rings. The summed E-state index contributed by atoms with van der Waals surface area (Å²) in [4.78, 5) is 16.2. The fourth-order valence-electron chi connectivity index (χ4n) is 8.16. The summed E-state index contributed by atoms with van der Waals surface area (Å²) in [5, 5.41) is 6.90. The van der Waals surface area contributed by atoms with Crippen LogP contribution in [0.25, 0.3) is 109 Å². The molecule has 0 aliphatic rings. The number of rotatable bonds is 6. The van der Waals surface area contributed by atoms with Crippen molar-refractivity contribution in [2.75, 3.05) is 0 Å². The lowest BCUT2D eigenvalue weighted by molar-refractivity contribution is 1.08. The highest BCUT2D eigenvalue weighted by Gasteiger charge is 2.21. The summed E-state index contributed by atoms with van der Waals surface area (Å²) >= 11 is 1.79. The number of thiophene rings is 1. The Bertz CT molecular complexity index is 3280. The molecule has 0 atom stereocenters. The van der Waals surface area contributed by atoms with Crippen molar-refractivity contribution in [3.8, 4) is 67.5 Å². The summed E-state index contributed by atoms with van der Waals surface area (Å²) in [6, 6.07) is 71.0. The monoisotopic (exact) mass is 743 g/mol. The topological polar surface area (TPSA) is 38.7 Å². The van der Waals surface area contributed by atoms with E-state index in [1.165, 1.54) is 31.3 Å². The molecule has 0 spiro atoms. The van der Waals surface area contributed by atoms with E-state index in [0.29, 0.717) is 17.5 Å². The Labute approximate surface area is 334 Å². The first-order chi connectivity index (χ1) is 28.2. The van der Waals surface area contributed by atoms with E-state index in [0.717, 1.165) is 60.5 Å². The van der Waals surface area contributed by atoms with E-state index in [4.69, 9.17) is 15.0 Å². The van der Waals surface area contributed by atoms with E-state index in [9.17, 15) is 0 Å². The maximum atomic E-state index is 5.44. The number of nitrogens with zero attached hydrogens (tertiary/aromatic N) is 3. The van der Waals surface area contributed by atoms with Crippen LogP contribution in [0.4, 0.5) is 0 Å². The zero-order chi connectivity index (χ0) is 37.7. The molecule has 0 saturated carbocycles. The quantitative estimate of drug-likeness (QED) is 0.170. The molecule has 57 heavy (non-hydrogen) atoms. The number of hydrogen-bond donors (Lipinski definition) is 0. The molecular weight excluding hydrogens is 711 g/mol. The van der Waals surface area contributed by atoms with Crippen LogP contribution >= 0.6 is 11.3 Å². The SMILES string of the molecule is c1ccc(-c2ccc(-c3ccc4cccc(-c5nc(-c6c(-c7ccccc7)ccc7ccccc67)nc(-c6cccc7c6sc6ccccc67)n5)c4c3)cc2)cc1. The number of benzene rings is 9. The summed E-state index contributed by atoms with van der Waals surface area (Å²) < 4.78 is 2.41. The van der Waals surface area contributed by atoms with E-state index in [1.807, 2.05) is 0 Å².